The molecule has 1 amide bonds. The van der Waals surface area contributed by atoms with Gasteiger partial charge in [-0.15, -0.1) is 0 Å². The van der Waals surface area contributed by atoms with Gasteiger partial charge in [0.05, 0.1) is 11.2 Å². The quantitative estimate of drug-likeness (QED) is 0.731. The Balaban J connectivity index is 1.38. The summed E-state index contributed by atoms with van der Waals surface area (Å²) in [4.78, 5) is 13.6. The van der Waals surface area contributed by atoms with E-state index < -0.39 is 10.0 Å². The number of aryl methyl sites for hydroxylation is 1. The van der Waals surface area contributed by atoms with Crippen LogP contribution in [-0.2, 0) is 26.0 Å². The van der Waals surface area contributed by atoms with E-state index in [1.165, 1.54) is 30.4 Å². The van der Waals surface area contributed by atoms with Crippen molar-refractivity contribution in [3.05, 3.63) is 65.2 Å². The van der Waals surface area contributed by atoms with Crippen molar-refractivity contribution in [3.63, 3.8) is 0 Å². The summed E-state index contributed by atoms with van der Waals surface area (Å²) in [5.74, 6) is 1.15. The molecule has 0 aromatic heterocycles. The predicted octanol–water partition coefficient (Wildman–Crippen LogP) is 4.26. The Bertz CT molecular complexity index is 1090. The maximum absolute atomic E-state index is 13.6. The van der Waals surface area contributed by atoms with E-state index in [-0.39, 0.29) is 22.5 Å². The van der Waals surface area contributed by atoms with E-state index in [1.54, 1.807) is 24.3 Å². The van der Waals surface area contributed by atoms with E-state index in [1.807, 2.05) is 0 Å². The number of sulfonamides is 1. The molecule has 4 aliphatic rings. The number of benzene rings is 2. The zero-order valence-corrected chi connectivity index (χ0v) is 18.8. The first-order chi connectivity index (χ1) is 14.6. The molecule has 0 radical (unpaired) electrons. The summed E-state index contributed by atoms with van der Waals surface area (Å²) >= 11 is 0. The second kappa shape index (κ2) is 7.17. The van der Waals surface area contributed by atoms with Crippen LogP contribution < -0.4 is 10.5 Å². The fraction of sp³-hybridized carbons (Fsp3) is 0.480. The zero-order valence-electron chi connectivity index (χ0n) is 17.9. The van der Waals surface area contributed by atoms with Gasteiger partial charge < -0.3 is 5.32 Å². The molecule has 4 saturated carbocycles. The third-order valence-electron chi connectivity index (χ3n) is 7.79. The summed E-state index contributed by atoms with van der Waals surface area (Å²) in [6.45, 7) is 2.12. The molecule has 4 bridgehead atoms. The first-order valence-corrected chi connectivity index (χ1v) is 12.8. The van der Waals surface area contributed by atoms with Gasteiger partial charge in [-0.3, -0.25) is 4.79 Å². The standard InChI is InChI=1S/C25H30N2O3S/c1-17-2-6-21(7-3-17)24-11-19-10-20(12-24)14-25(13-19,16-24)23(28)27-22-8-4-18(5-9-22)15-31(26,29)30/h2-9,19-20H,10-16H2,1H3,(H,27,28)(H2,26,29,30). The van der Waals surface area contributed by atoms with Crippen molar-refractivity contribution in [2.45, 2.75) is 56.6 Å². The lowest BCUT2D eigenvalue weighted by atomic mass is 9.42. The third kappa shape index (κ3) is 3.92. The van der Waals surface area contributed by atoms with Crippen molar-refractivity contribution in [1.29, 1.82) is 0 Å². The Morgan fingerprint density at radius 1 is 1.00 bits per heavy atom. The lowest BCUT2D eigenvalue weighted by Crippen LogP contribution is -2.57. The van der Waals surface area contributed by atoms with Crippen molar-refractivity contribution in [2.24, 2.45) is 22.4 Å². The normalized spacial score (nSPS) is 31.5. The fourth-order valence-electron chi connectivity index (χ4n) is 6.95. The smallest absolute Gasteiger partial charge is 0.230 e. The number of hydrogen-bond donors (Lipinski definition) is 2. The fourth-order valence-corrected chi connectivity index (χ4v) is 7.61. The van der Waals surface area contributed by atoms with Crippen molar-refractivity contribution < 1.29 is 13.2 Å². The van der Waals surface area contributed by atoms with Crippen LogP contribution in [0.25, 0.3) is 0 Å². The van der Waals surface area contributed by atoms with Gasteiger partial charge in [-0.1, -0.05) is 42.0 Å². The highest BCUT2D eigenvalue weighted by Gasteiger charge is 2.60. The van der Waals surface area contributed by atoms with Crippen LogP contribution in [0, 0.1) is 24.2 Å². The second-order valence-electron chi connectivity index (χ2n) is 10.3. The van der Waals surface area contributed by atoms with E-state index in [2.05, 4.69) is 36.5 Å². The summed E-state index contributed by atoms with van der Waals surface area (Å²) in [6, 6.07) is 15.9. The minimum atomic E-state index is -3.57. The first kappa shape index (κ1) is 20.7. The number of amides is 1. The van der Waals surface area contributed by atoms with Gasteiger partial charge in [-0.25, -0.2) is 13.6 Å². The minimum Gasteiger partial charge on any atom is -0.326 e. The largest absolute Gasteiger partial charge is 0.326 e. The van der Waals surface area contributed by atoms with E-state index in [9.17, 15) is 13.2 Å². The molecule has 5 nitrogen and oxygen atoms in total. The number of primary sulfonamides is 1. The summed E-state index contributed by atoms with van der Waals surface area (Å²) in [6.07, 6.45) is 6.53. The van der Waals surface area contributed by atoms with Gasteiger partial charge in [-0.2, -0.15) is 0 Å². The summed E-state index contributed by atoms with van der Waals surface area (Å²) in [7, 11) is -3.57. The molecule has 6 rings (SSSR count). The molecular weight excluding hydrogens is 408 g/mol. The Hall–Kier alpha value is -2.18. The minimum absolute atomic E-state index is 0.120. The second-order valence-corrected chi connectivity index (χ2v) is 12.0. The lowest BCUT2D eigenvalue weighted by molar-refractivity contribution is -0.143. The van der Waals surface area contributed by atoms with E-state index >= 15 is 0 Å². The Labute approximate surface area is 184 Å². The van der Waals surface area contributed by atoms with Gasteiger partial charge in [-0.05, 0) is 86.0 Å². The molecule has 31 heavy (non-hydrogen) atoms. The number of rotatable bonds is 5. The van der Waals surface area contributed by atoms with Crippen LogP contribution in [0.2, 0.25) is 0 Å². The molecule has 2 atom stereocenters. The molecule has 0 aliphatic heterocycles. The van der Waals surface area contributed by atoms with Crippen molar-refractivity contribution in [2.75, 3.05) is 5.32 Å². The molecule has 2 aromatic rings. The monoisotopic (exact) mass is 438 g/mol. The SMILES string of the molecule is Cc1ccc(C23CC4CC(CC(C(=O)Nc5ccc(CS(N)(=O)=O)cc5)(C4)C2)C3)cc1. The molecular formula is C25H30N2O3S. The third-order valence-corrected chi connectivity index (χ3v) is 8.52. The molecule has 0 heterocycles. The van der Waals surface area contributed by atoms with Gasteiger partial charge >= 0.3 is 0 Å². The van der Waals surface area contributed by atoms with E-state index in [0.29, 0.717) is 23.1 Å². The van der Waals surface area contributed by atoms with Crippen molar-refractivity contribution in [1.82, 2.24) is 0 Å². The highest BCUT2D eigenvalue weighted by atomic mass is 32.2. The lowest BCUT2D eigenvalue weighted by Gasteiger charge is -2.61. The highest BCUT2D eigenvalue weighted by molar-refractivity contribution is 7.88. The predicted molar refractivity (Wildman–Crippen MR) is 122 cm³/mol. The maximum Gasteiger partial charge on any atom is 0.230 e. The Morgan fingerprint density at radius 3 is 2.19 bits per heavy atom. The average Bonchev–Trinajstić information content (AvgIpc) is 2.68. The molecule has 164 valence electrons. The number of carbonyl (C=O) groups excluding carboxylic acids is 1. The van der Waals surface area contributed by atoms with Crippen LogP contribution in [0.1, 0.15) is 55.2 Å². The van der Waals surface area contributed by atoms with Crippen molar-refractivity contribution >= 4 is 21.6 Å². The van der Waals surface area contributed by atoms with Crippen LogP contribution in [0.15, 0.2) is 48.5 Å². The van der Waals surface area contributed by atoms with E-state index in [4.69, 9.17) is 5.14 Å². The molecule has 4 aliphatic carbocycles. The van der Waals surface area contributed by atoms with Crippen LogP contribution >= 0.6 is 0 Å². The highest BCUT2D eigenvalue weighted by Crippen LogP contribution is 2.66. The molecule has 3 N–H and O–H groups in total. The van der Waals surface area contributed by atoms with Gasteiger partial charge in [0.25, 0.3) is 0 Å². The summed E-state index contributed by atoms with van der Waals surface area (Å²) in [5, 5.41) is 8.27. The zero-order chi connectivity index (χ0) is 21.9. The van der Waals surface area contributed by atoms with Gasteiger partial charge in [0.1, 0.15) is 0 Å². The number of hydrogen-bond acceptors (Lipinski definition) is 3. The first-order valence-electron chi connectivity index (χ1n) is 11.1. The summed E-state index contributed by atoms with van der Waals surface area (Å²) < 4.78 is 22.6. The number of nitrogens with two attached hydrogens (primary N) is 1. The molecule has 0 spiro atoms. The van der Waals surface area contributed by atoms with Crippen LogP contribution in [-0.4, -0.2) is 14.3 Å². The van der Waals surface area contributed by atoms with Gasteiger partial charge in [0.2, 0.25) is 15.9 Å². The van der Waals surface area contributed by atoms with E-state index in [0.717, 1.165) is 19.3 Å². The number of anilines is 1. The molecule has 2 unspecified atom stereocenters. The molecule has 6 heteroatoms. The Morgan fingerprint density at radius 2 is 1.61 bits per heavy atom. The van der Waals surface area contributed by atoms with Gasteiger partial charge in [0.15, 0.2) is 0 Å². The summed E-state index contributed by atoms with van der Waals surface area (Å²) in [5.41, 5.74) is 3.81. The average molecular weight is 439 g/mol. The number of carbonyl (C=O) groups is 1. The van der Waals surface area contributed by atoms with Crippen LogP contribution in [0.4, 0.5) is 5.69 Å². The van der Waals surface area contributed by atoms with Crippen LogP contribution in [0.3, 0.4) is 0 Å². The van der Waals surface area contributed by atoms with Crippen LogP contribution in [0.5, 0.6) is 0 Å². The molecule has 0 saturated heterocycles. The van der Waals surface area contributed by atoms with Crippen molar-refractivity contribution in [3.8, 4) is 0 Å². The number of nitrogens with one attached hydrogen (secondary N) is 1. The maximum atomic E-state index is 13.6. The molecule has 2 aromatic carbocycles. The van der Waals surface area contributed by atoms with Gasteiger partial charge in [0, 0.05) is 5.69 Å². The Kier molecular flexibility index (Phi) is 4.79. The topological polar surface area (TPSA) is 89.3 Å². The molecule has 4 fully saturated rings.